The van der Waals surface area contributed by atoms with E-state index in [4.69, 9.17) is 0 Å². The lowest BCUT2D eigenvalue weighted by Gasteiger charge is -2.08. The number of aromatic nitrogens is 2. The molecule has 0 saturated heterocycles. The molecule has 0 radical (unpaired) electrons. The van der Waals surface area contributed by atoms with Crippen LogP contribution in [0.2, 0.25) is 0 Å². The molecule has 1 amide bonds. The van der Waals surface area contributed by atoms with E-state index in [2.05, 4.69) is 34.3 Å². The minimum atomic E-state index is 0.0212. The first-order valence-corrected chi connectivity index (χ1v) is 11.1. The number of hydrogen-bond donors (Lipinski definition) is 1. The van der Waals surface area contributed by atoms with Crippen molar-refractivity contribution in [3.8, 4) is 11.3 Å². The molecule has 5 heteroatoms. The van der Waals surface area contributed by atoms with E-state index >= 15 is 0 Å². The van der Waals surface area contributed by atoms with E-state index in [-0.39, 0.29) is 5.91 Å². The van der Waals surface area contributed by atoms with Crippen LogP contribution in [0.15, 0.2) is 65.7 Å². The summed E-state index contributed by atoms with van der Waals surface area (Å²) in [5, 5.41) is 3.87. The molecule has 0 fully saturated rings. The van der Waals surface area contributed by atoms with Crippen molar-refractivity contribution < 1.29 is 4.79 Å². The topological polar surface area (TPSA) is 54.9 Å². The molecule has 0 aliphatic rings. The van der Waals surface area contributed by atoms with Crippen LogP contribution < -0.4 is 5.32 Å². The lowest BCUT2D eigenvalue weighted by Crippen LogP contribution is -2.12. The highest BCUT2D eigenvalue weighted by Crippen LogP contribution is 2.23. The quantitative estimate of drug-likeness (QED) is 0.355. The van der Waals surface area contributed by atoms with Crippen LogP contribution >= 0.6 is 11.8 Å². The van der Waals surface area contributed by atoms with Crippen molar-refractivity contribution in [1.29, 1.82) is 0 Å². The molecule has 3 aromatic rings. The molecule has 4 nitrogen and oxygen atoms in total. The molecule has 0 saturated carbocycles. The second-order valence-corrected chi connectivity index (χ2v) is 8.07. The van der Waals surface area contributed by atoms with Crippen molar-refractivity contribution in [3.05, 3.63) is 72.1 Å². The van der Waals surface area contributed by atoms with Crippen molar-refractivity contribution in [1.82, 2.24) is 9.97 Å². The third-order valence-electron chi connectivity index (χ3n) is 4.52. The monoisotopic (exact) mass is 405 g/mol. The SMILES string of the molecule is CCCCc1ccc(NC(=O)CCSc2cc(-c3ccccc3)nc(C)n2)cc1. The number of nitrogens with one attached hydrogen (secondary N) is 1. The van der Waals surface area contributed by atoms with E-state index in [1.54, 1.807) is 11.8 Å². The molecule has 0 bridgehead atoms. The summed E-state index contributed by atoms with van der Waals surface area (Å²) in [7, 11) is 0. The number of amides is 1. The molecule has 2 aromatic carbocycles. The van der Waals surface area contributed by atoms with Crippen molar-refractivity contribution in [3.63, 3.8) is 0 Å². The Hall–Kier alpha value is -2.66. The normalized spacial score (nSPS) is 10.7. The second kappa shape index (κ2) is 10.8. The van der Waals surface area contributed by atoms with Crippen molar-refractivity contribution in [2.24, 2.45) is 0 Å². The molecule has 0 aliphatic carbocycles. The molecule has 1 heterocycles. The maximum atomic E-state index is 12.3. The van der Waals surface area contributed by atoms with Crippen molar-refractivity contribution >= 4 is 23.4 Å². The van der Waals surface area contributed by atoms with Crippen LogP contribution in [0.5, 0.6) is 0 Å². The molecular formula is C24H27N3OS. The maximum Gasteiger partial charge on any atom is 0.225 e. The van der Waals surface area contributed by atoms with Crippen LogP contribution in [0.25, 0.3) is 11.3 Å². The van der Waals surface area contributed by atoms with Gasteiger partial charge in [-0.3, -0.25) is 4.79 Å². The standard InChI is InChI=1S/C24H27N3OS/c1-3-4-8-19-11-13-21(14-12-19)27-23(28)15-16-29-24-17-22(25-18(2)26-24)20-9-6-5-7-10-20/h5-7,9-14,17H,3-4,8,15-16H2,1-2H3,(H,27,28). The minimum absolute atomic E-state index is 0.0212. The Bertz CT molecular complexity index is 927. The molecule has 1 aromatic heterocycles. The van der Waals surface area contributed by atoms with Gasteiger partial charge in [-0.2, -0.15) is 0 Å². The van der Waals surface area contributed by atoms with Gasteiger partial charge in [0.25, 0.3) is 0 Å². The first-order chi connectivity index (χ1) is 14.1. The van der Waals surface area contributed by atoms with Gasteiger partial charge in [0.1, 0.15) is 10.9 Å². The molecule has 3 rings (SSSR count). The largest absolute Gasteiger partial charge is 0.326 e. The van der Waals surface area contributed by atoms with E-state index in [1.165, 1.54) is 18.4 Å². The lowest BCUT2D eigenvalue weighted by molar-refractivity contribution is -0.115. The molecule has 150 valence electrons. The Kier molecular flexibility index (Phi) is 7.82. The maximum absolute atomic E-state index is 12.3. The highest BCUT2D eigenvalue weighted by atomic mass is 32.2. The third-order valence-corrected chi connectivity index (χ3v) is 5.43. The van der Waals surface area contributed by atoms with E-state index < -0.39 is 0 Å². The summed E-state index contributed by atoms with van der Waals surface area (Å²) >= 11 is 1.58. The van der Waals surface area contributed by atoms with Crippen LogP contribution in [0.3, 0.4) is 0 Å². The van der Waals surface area contributed by atoms with E-state index in [0.717, 1.165) is 34.2 Å². The number of nitrogens with zero attached hydrogens (tertiary/aromatic N) is 2. The number of benzene rings is 2. The number of unbranched alkanes of at least 4 members (excludes halogenated alkanes) is 1. The summed E-state index contributed by atoms with van der Waals surface area (Å²) in [6.07, 6.45) is 3.91. The third kappa shape index (κ3) is 6.71. The summed E-state index contributed by atoms with van der Waals surface area (Å²) in [5.74, 6) is 1.43. The van der Waals surface area contributed by atoms with E-state index in [1.807, 2.05) is 55.5 Å². The fraction of sp³-hybridized carbons (Fsp3) is 0.292. The van der Waals surface area contributed by atoms with E-state index in [0.29, 0.717) is 12.2 Å². The highest BCUT2D eigenvalue weighted by molar-refractivity contribution is 7.99. The number of aryl methyl sites for hydroxylation is 2. The van der Waals surface area contributed by atoms with Gasteiger partial charge >= 0.3 is 0 Å². The number of carbonyl (C=O) groups excluding carboxylic acids is 1. The zero-order chi connectivity index (χ0) is 20.5. The van der Waals surface area contributed by atoms with Crippen LogP contribution in [0, 0.1) is 6.92 Å². The van der Waals surface area contributed by atoms with Crippen LogP contribution in [0.1, 0.15) is 37.6 Å². The van der Waals surface area contributed by atoms with Crippen LogP contribution in [-0.2, 0) is 11.2 Å². The highest BCUT2D eigenvalue weighted by Gasteiger charge is 2.07. The number of thioether (sulfide) groups is 1. The molecule has 29 heavy (non-hydrogen) atoms. The number of carbonyl (C=O) groups is 1. The average molecular weight is 406 g/mol. The van der Waals surface area contributed by atoms with Gasteiger partial charge < -0.3 is 5.32 Å². The summed E-state index contributed by atoms with van der Waals surface area (Å²) < 4.78 is 0. The fourth-order valence-corrected chi connectivity index (χ4v) is 3.87. The van der Waals surface area contributed by atoms with Gasteiger partial charge in [-0.15, -0.1) is 11.8 Å². The molecule has 0 unspecified atom stereocenters. The average Bonchev–Trinajstić information content (AvgIpc) is 2.73. The lowest BCUT2D eigenvalue weighted by atomic mass is 10.1. The van der Waals surface area contributed by atoms with Gasteiger partial charge in [0.15, 0.2) is 0 Å². The van der Waals surface area contributed by atoms with Gasteiger partial charge in [0.2, 0.25) is 5.91 Å². The molecule has 0 aliphatic heterocycles. The summed E-state index contributed by atoms with van der Waals surface area (Å²) in [4.78, 5) is 21.3. The first-order valence-electron chi connectivity index (χ1n) is 10.1. The van der Waals surface area contributed by atoms with Crippen molar-refractivity contribution in [2.45, 2.75) is 44.6 Å². The molecular weight excluding hydrogens is 378 g/mol. The first kappa shape index (κ1) is 21.1. The second-order valence-electron chi connectivity index (χ2n) is 6.95. The minimum Gasteiger partial charge on any atom is -0.326 e. The predicted octanol–water partition coefficient (Wildman–Crippen LogP) is 5.92. The Morgan fingerprint density at radius 1 is 1.03 bits per heavy atom. The Morgan fingerprint density at radius 3 is 2.52 bits per heavy atom. The number of anilines is 1. The fourth-order valence-electron chi connectivity index (χ4n) is 2.98. The molecule has 0 spiro atoms. The summed E-state index contributed by atoms with van der Waals surface area (Å²) in [5.41, 5.74) is 4.14. The van der Waals surface area contributed by atoms with Crippen molar-refractivity contribution in [2.75, 3.05) is 11.1 Å². The molecule has 0 atom stereocenters. The number of rotatable bonds is 9. The van der Waals surface area contributed by atoms with Crippen LogP contribution in [-0.4, -0.2) is 21.6 Å². The van der Waals surface area contributed by atoms with Crippen LogP contribution in [0.4, 0.5) is 5.69 Å². The molecule has 1 N–H and O–H groups in total. The smallest absolute Gasteiger partial charge is 0.225 e. The van der Waals surface area contributed by atoms with Gasteiger partial charge in [0.05, 0.1) is 5.69 Å². The zero-order valence-corrected chi connectivity index (χ0v) is 17.8. The number of hydrogen-bond acceptors (Lipinski definition) is 4. The Labute approximate surface area is 177 Å². The summed E-state index contributed by atoms with van der Waals surface area (Å²) in [6, 6.07) is 20.2. The van der Waals surface area contributed by atoms with Gasteiger partial charge in [0, 0.05) is 23.4 Å². The van der Waals surface area contributed by atoms with Gasteiger partial charge in [-0.25, -0.2) is 9.97 Å². The Morgan fingerprint density at radius 2 is 1.79 bits per heavy atom. The van der Waals surface area contributed by atoms with E-state index in [9.17, 15) is 4.79 Å². The predicted molar refractivity (Wildman–Crippen MR) is 121 cm³/mol. The Balaban J connectivity index is 1.51. The zero-order valence-electron chi connectivity index (χ0n) is 17.0. The summed E-state index contributed by atoms with van der Waals surface area (Å²) in [6.45, 7) is 4.09. The van der Waals surface area contributed by atoms with Gasteiger partial charge in [-0.05, 0) is 43.5 Å². The van der Waals surface area contributed by atoms with Gasteiger partial charge in [-0.1, -0.05) is 55.8 Å².